The van der Waals surface area contributed by atoms with Crippen LogP contribution in [0.2, 0.25) is 0 Å². The average molecular weight is 202 g/mol. The van der Waals surface area contributed by atoms with E-state index in [9.17, 15) is 4.79 Å². The third-order valence-electron chi connectivity index (χ3n) is 1.85. The number of carbonyl (C=O) groups excluding carboxylic acids is 1. The van der Waals surface area contributed by atoms with Crippen LogP contribution < -0.4 is 5.32 Å². The topological polar surface area (TPSA) is 41.6 Å². The van der Waals surface area contributed by atoms with Crippen LogP contribution in [0.1, 0.15) is 20.3 Å². The quantitative estimate of drug-likeness (QED) is 0.653. The number of nitrogens with one attached hydrogen (secondary N) is 1. The summed E-state index contributed by atoms with van der Waals surface area (Å²) in [6, 6.07) is 0.213. The van der Waals surface area contributed by atoms with Crippen LogP contribution in [0.3, 0.4) is 0 Å². The molecule has 4 nitrogen and oxygen atoms in total. The fourth-order valence-electron chi connectivity index (χ4n) is 1.04. The maximum atomic E-state index is 11.2. The Hall–Kier alpha value is -0.610. The number of hydrogen-bond donors (Lipinski definition) is 1. The molecule has 14 heavy (non-hydrogen) atoms. The van der Waals surface area contributed by atoms with Crippen molar-refractivity contribution >= 4 is 5.91 Å². The molecule has 0 bridgehead atoms. The molecule has 0 saturated carbocycles. The van der Waals surface area contributed by atoms with Crippen molar-refractivity contribution in [3.05, 3.63) is 0 Å². The number of amides is 1. The van der Waals surface area contributed by atoms with Crippen molar-refractivity contribution in [3.8, 4) is 0 Å². The minimum Gasteiger partial charge on any atom is -0.372 e. The zero-order valence-electron chi connectivity index (χ0n) is 9.67. The fourth-order valence-corrected chi connectivity index (χ4v) is 1.04. The molecule has 4 heteroatoms. The number of carbonyl (C=O) groups is 1. The summed E-state index contributed by atoms with van der Waals surface area (Å²) < 4.78 is 5.00. The van der Waals surface area contributed by atoms with E-state index in [2.05, 4.69) is 10.2 Å². The molecule has 0 heterocycles. The summed E-state index contributed by atoms with van der Waals surface area (Å²) in [6.45, 7) is 5.62. The zero-order valence-corrected chi connectivity index (χ0v) is 9.67. The summed E-state index contributed by atoms with van der Waals surface area (Å²) in [5, 5.41) is 2.88. The van der Waals surface area contributed by atoms with Crippen molar-refractivity contribution in [1.82, 2.24) is 10.2 Å². The van der Waals surface area contributed by atoms with Gasteiger partial charge in [0.2, 0.25) is 5.91 Å². The van der Waals surface area contributed by atoms with Crippen molar-refractivity contribution < 1.29 is 9.53 Å². The molecule has 0 rings (SSSR count). The van der Waals surface area contributed by atoms with E-state index in [0.717, 1.165) is 13.0 Å². The summed E-state index contributed by atoms with van der Waals surface area (Å²) in [5.74, 6) is -0.0295. The van der Waals surface area contributed by atoms with E-state index in [-0.39, 0.29) is 18.6 Å². The lowest BCUT2D eigenvalue weighted by Gasteiger charge is -2.16. The second-order valence-electron chi connectivity index (χ2n) is 3.70. The molecular formula is C10H22N2O2. The van der Waals surface area contributed by atoms with Crippen LogP contribution in [0.5, 0.6) is 0 Å². The van der Waals surface area contributed by atoms with Crippen molar-refractivity contribution in [2.75, 3.05) is 33.9 Å². The van der Waals surface area contributed by atoms with Gasteiger partial charge >= 0.3 is 0 Å². The Bertz CT molecular complexity index is 160. The van der Waals surface area contributed by atoms with Crippen LogP contribution in [0.25, 0.3) is 0 Å². The Morgan fingerprint density at radius 3 is 2.64 bits per heavy atom. The maximum absolute atomic E-state index is 11.2. The van der Waals surface area contributed by atoms with Crippen LogP contribution >= 0.6 is 0 Å². The molecule has 1 atom stereocenters. The van der Waals surface area contributed by atoms with Gasteiger partial charge in [0, 0.05) is 12.6 Å². The minimum atomic E-state index is -0.0295. The molecular weight excluding hydrogens is 180 g/mol. The van der Waals surface area contributed by atoms with E-state index < -0.39 is 0 Å². The van der Waals surface area contributed by atoms with Gasteiger partial charge in [-0.3, -0.25) is 4.79 Å². The largest absolute Gasteiger partial charge is 0.372 e. The first-order valence-electron chi connectivity index (χ1n) is 5.08. The molecule has 0 radical (unpaired) electrons. The predicted molar refractivity (Wildman–Crippen MR) is 57.3 cm³/mol. The molecule has 0 aliphatic rings. The Morgan fingerprint density at radius 1 is 1.50 bits per heavy atom. The van der Waals surface area contributed by atoms with Crippen molar-refractivity contribution in [3.63, 3.8) is 0 Å². The highest BCUT2D eigenvalue weighted by Crippen LogP contribution is 1.92. The summed E-state index contributed by atoms with van der Waals surface area (Å²) in [7, 11) is 4.05. The lowest BCUT2D eigenvalue weighted by atomic mass is 10.2. The van der Waals surface area contributed by atoms with E-state index >= 15 is 0 Å². The lowest BCUT2D eigenvalue weighted by Crippen LogP contribution is -2.37. The number of nitrogens with zero attached hydrogens (tertiary/aromatic N) is 1. The van der Waals surface area contributed by atoms with Crippen LogP contribution in [0, 0.1) is 0 Å². The number of rotatable bonds is 7. The number of hydrogen-bond acceptors (Lipinski definition) is 3. The normalized spacial score (nSPS) is 12.9. The van der Waals surface area contributed by atoms with Crippen LogP contribution in [0.4, 0.5) is 0 Å². The molecule has 0 aliphatic carbocycles. The van der Waals surface area contributed by atoms with Gasteiger partial charge in [0.15, 0.2) is 0 Å². The van der Waals surface area contributed by atoms with Crippen molar-refractivity contribution in [2.24, 2.45) is 0 Å². The summed E-state index contributed by atoms with van der Waals surface area (Å²) in [4.78, 5) is 13.3. The highest BCUT2D eigenvalue weighted by atomic mass is 16.5. The van der Waals surface area contributed by atoms with Gasteiger partial charge in [0.1, 0.15) is 6.61 Å². The molecule has 1 N–H and O–H groups in total. The highest BCUT2D eigenvalue weighted by Gasteiger charge is 2.06. The van der Waals surface area contributed by atoms with E-state index in [0.29, 0.717) is 6.61 Å². The van der Waals surface area contributed by atoms with Gasteiger partial charge in [-0.1, -0.05) is 0 Å². The second kappa shape index (κ2) is 7.76. The first kappa shape index (κ1) is 13.4. The van der Waals surface area contributed by atoms with Gasteiger partial charge in [-0.2, -0.15) is 0 Å². The van der Waals surface area contributed by atoms with Crippen LogP contribution in [-0.2, 0) is 9.53 Å². The lowest BCUT2D eigenvalue weighted by molar-refractivity contribution is -0.126. The SMILES string of the molecule is CCOCC(=O)NC(C)CCN(C)C. The highest BCUT2D eigenvalue weighted by molar-refractivity contribution is 5.77. The summed E-state index contributed by atoms with van der Waals surface area (Å²) >= 11 is 0. The fraction of sp³-hybridized carbons (Fsp3) is 0.900. The van der Waals surface area contributed by atoms with Crippen molar-refractivity contribution in [2.45, 2.75) is 26.3 Å². The predicted octanol–water partition coefficient (Wildman–Crippen LogP) is 0.479. The van der Waals surface area contributed by atoms with Gasteiger partial charge in [-0.05, 0) is 40.9 Å². The smallest absolute Gasteiger partial charge is 0.246 e. The Morgan fingerprint density at radius 2 is 2.14 bits per heavy atom. The number of ether oxygens (including phenoxy) is 1. The molecule has 0 aromatic carbocycles. The minimum absolute atomic E-state index is 0.0295. The van der Waals surface area contributed by atoms with E-state index in [4.69, 9.17) is 4.74 Å². The van der Waals surface area contributed by atoms with Gasteiger partial charge < -0.3 is 15.0 Å². The van der Waals surface area contributed by atoms with Crippen LogP contribution in [0.15, 0.2) is 0 Å². The monoisotopic (exact) mass is 202 g/mol. The maximum Gasteiger partial charge on any atom is 0.246 e. The Kier molecular flexibility index (Phi) is 7.42. The first-order valence-corrected chi connectivity index (χ1v) is 5.08. The standard InChI is InChI=1S/C10H22N2O2/c1-5-14-8-10(13)11-9(2)6-7-12(3)4/h9H,5-8H2,1-4H3,(H,11,13). The van der Waals surface area contributed by atoms with E-state index in [1.807, 2.05) is 27.9 Å². The Labute approximate surface area is 86.6 Å². The van der Waals surface area contributed by atoms with Gasteiger partial charge in [0.25, 0.3) is 0 Å². The Balaban J connectivity index is 3.50. The summed E-state index contributed by atoms with van der Waals surface area (Å²) in [6.07, 6.45) is 0.963. The third kappa shape index (κ3) is 8.01. The average Bonchev–Trinajstić information content (AvgIpc) is 2.11. The molecule has 0 aromatic rings. The van der Waals surface area contributed by atoms with E-state index in [1.54, 1.807) is 0 Å². The molecule has 0 saturated heterocycles. The third-order valence-corrected chi connectivity index (χ3v) is 1.85. The molecule has 0 aliphatic heterocycles. The molecule has 0 fully saturated rings. The van der Waals surface area contributed by atoms with Crippen molar-refractivity contribution in [1.29, 1.82) is 0 Å². The molecule has 84 valence electrons. The van der Waals surface area contributed by atoms with Crippen LogP contribution in [-0.4, -0.2) is 50.7 Å². The van der Waals surface area contributed by atoms with E-state index in [1.165, 1.54) is 0 Å². The molecule has 1 unspecified atom stereocenters. The zero-order chi connectivity index (χ0) is 11.0. The molecule has 1 amide bonds. The van der Waals surface area contributed by atoms with Gasteiger partial charge in [0.05, 0.1) is 0 Å². The summed E-state index contributed by atoms with van der Waals surface area (Å²) in [5.41, 5.74) is 0. The molecule has 0 aromatic heterocycles. The van der Waals surface area contributed by atoms with Gasteiger partial charge in [-0.25, -0.2) is 0 Å². The molecule has 0 spiro atoms. The first-order chi connectivity index (χ1) is 6.56. The van der Waals surface area contributed by atoms with Gasteiger partial charge in [-0.15, -0.1) is 0 Å². The second-order valence-corrected chi connectivity index (χ2v) is 3.70.